The summed E-state index contributed by atoms with van der Waals surface area (Å²) >= 11 is 0. The first kappa shape index (κ1) is 21.1. The molecular formula is C20H27N3O6S. The van der Waals surface area contributed by atoms with Crippen LogP contribution in [0.2, 0.25) is 0 Å². The van der Waals surface area contributed by atoms with Crippen molar-refractivity contribution in [3.05, 3.63) is 35.4 Å². The zero-order valence-corrected chi connectivity index (χ0v) is 18.2. The number of sulfonamides is 1. The molecule has 10 heteroatoms. The molecule has 2 fully saturated rings. The second kappa shape index (κ2) is 7.82. The molecule has 0 bridgehead atoms. The Morgan fingerprint density at radius 2 is 1.93 bits per heavy atom. The molecular weight excluding hydrogens is 410 g/mol. The molecule has 0 spiro atoms. The first-order valence-corrected chi connectivity index (χ1v) is 12.0. The maximum absolute atomic E-state index is 13.2. The first-order chi connectivity index (χ1) is 14.2. The standard InChI is InChI=1S/C20H27N3O6S/c1-13(2)17-18-15(23(20(17)25)30(3,26)27)6-7-22(18)19(24)16-5-4-14(29-16)12-21-8-10-28-11-9-21/h4-6,13,17-18H,7-12H2,1-3H3/t17-,18+/m1/s1. The third-order valence-electron chi connectivity index (χ3n) is 5.86. The quantitative estimate of drug-likeness (QED) is 0.674. The number of carbonyl (C=O) groups is 2. The molecule has 3 aliphatic rings. The van der Waals surface area contributed by atoms with Gasteiger partial charge in [-0.1, -0.05) is 13.8 Å². The van der Waals surface area contributed by atoms with Gasteiger partial charge in [-0.25, -0.2) is 12.7 Å². The van der Waals surface area contributed by atoms with Crippen molar-refractivity contribution in [2.45, 2.75) is 26.4 Å². The largest absolute Gasteiger partial charge is 0.455 e. The van der Waals surface area contributed by atoms with Gasteiger partial charge in [-0.2, -0.15) is 0 Å². The minimum absolute atomic E-state index is 0.125. The molecule has 0 aliphatic carbocycles. The van der Waals surface area contributed by atoms with Gasteiger partial charge in [0.15, 0.2) is 5.76 Å². The predicted octanol–water partition coefficient (Wildman–Crippen LogP) is 0.894. The van der Waals surface area contributed by atoms with Crippen LogP contribution in [0.4, 0.5) is 0 Å². The fourth-order valence-corrected chi connectivity index (χ4v) is 5.49. The summed E-state index contributed by atoms with van der Waals surface area (Å²) < 4.78 is 36.5. The van der Waals surface area contributed by atoms with Gasteiger partial charge < -0.3 is 14.1 Å². The average molecular weight is 438 g/mol. The van der Waals surface area contributed by atoms with Gasteiger partial charge in [0.25, 0.3) is 5.91 Å². The van der Waals surface area contributed by atoms with E-state index in [1.807, 2.05) is 13.8 Å². The van der Waals surface area contributed by atoms with E-state index in [0.29, 0.717) is 31.2 Å². The van der Waals surface area contributed by atoms with Crippen molar-refractivity contribution in [2.75, 3.05) is 39.1 Å². The van der Waals surface area contributed by atoms with Crippen molar-refractivity contribution < 1.29 is 27.2 Å². The number of hydrogen-bond acceptors (Lipinski definition) is 7. The van der Waals surface area contributed by atoms with E-state index >= 15 is 0 Å². The van der Waals surface area contributed by atoms with Crippen LogP contribution in [0.25, 0.3) is 0 Å². The first-order valence-electron chi connectivity index (χ1n) is 10.1. The summed E-state index contributed by atoms with van der Waals surface area (Å²) in [6.07, 6.45) is 2.67. The van der Waals surface area contributed by atoms with Crippen LogP contribution >= 0.6 is 0 Å². The molecule has 2 atom stereocenters. The Labute approximate surface area is 176 Å². The number of carbonyl (C=O) groups excluding carboxylic acids is 2. The number of nitrogens with zero attached hydrogens (tertiary/aromatic N) is 3. The highest BCUT2D eigenvalue weighted by molar-refractivity contribution is 7.89. The highest BCUT2D eigenvalue weighted by Gasteiger charge is 2.55. The Balaban J connectivity index is 1.55. The van der Waals surface area contributed by atoms with Crippen LogP contribution in [0.15, 0.2) is 28.3 Å². The molecule has 0 saturated carbocycles. The van der Waals surface area contributed by atoms with Gasteiger partial charge in [0, 0.05) is 19.6 Å². The normalized spacial score (nSPS) is 25.2. The number of furan rings is 1. The highest BCUT2D eigenvalue weighted by Crippen LogP contribution is 2.41. The van der Waals surface area contributed by atoms with E-state index in [0.717, 1.165) is 23.7 Å². The average Bonchev–Trinajstić information content (AvgIpc) is 3.35. The molecule has 0 unspecified atom stereocenters. The fourth-order valence-electron chi connectivity index (χ4n) is 4.48. The molecule has 2 amide bonds. The highest BCUT2D eigenvalue weighted by atomic mass is 32.2. The van der Waals surface area contributed by atoms with Gasteiger partial charge in [0.1, 0.15) is 5.76 Å². The fraction of sp³-hybridized carbons (Fsp3) is 0.600. The van der Waals surface area contributed by atoms with E-state index in [1.165, 1.54) is 0 Å². The van der Waals surface area contributed by atoms with Crippen molar-refractivity contribution in [1.82, 2.24) is 14.1 Å². The van der Waals surface area contributed by atoms with Crippen LogP contribution in [-0.4, -0.2) is 79.5 Å². The predicted molar refractivity (Wildman–Crippen MR) is 108 cm³/mol. The van der Waals surface area contributed by atoms with Gasteiger partial charge >= 0.3 is 0 Å². The van der Waals surface area contributed by atoms with Crippen LogP contribution in [-0.2, 0) is 26.1 Å². The third-order valence-corrected chi connectivity index (χ3v) is 6.92. The van der Waals surface area contributed by atoms with E-state index < -0.39 is 27.9 Å². The summed E-state index contributed by atoms with van der Waals surface area (Å²) in [4.78, 5) is 29.8. The van der Waals surface area contributed by atoms with Gasteiger partial charge in [-0.3, -0.25) is 14.5 Å². The third kappa shape index (κ3) is 3.67. The van der Waals surface area contributed by atoms with Crippen LogP contribution in [0.5, 0.6) is 0 Å². The minimum atomic E-state index is -3.76. The topological polar surface area (TPSA) is 100 Å². The van der Waals surface area contributed by atoms with E-state index in [1.54, 1.807) is 23.1 Å². The van der Waals surface area contributed by atoms with E-state index in [9.17, 15) is 18.0 Å². The Bertz CT molecular complexity index is 976. The maximum Gasteiger partial charge on any atom is 0.290 e. The maximum atomic E-state index is 13.2. The van der Waals surface area contributed by atoms with E-state index in [-0.39, 0.29) is 24.1 Å². The van der Waals surface area contributed by atoms with Crippen molar-refractivity contribution in [3.8, 4) is 0 Å². The number of rotatable bonds is 5. The lowest BCUT2D eigenvalue weighted by atomic mass is 9.89. The Morgan fingerprint density at radius 3 is 2.57 bits per heavy atom. The Kier molecular flexibility index (Phi) is 5.50. The van der Waals surface area contributed by atoms with Gasteiger partial charge in [0.05, 0.1) is 43.7 Å². The lowest BCUT2D eigenvalue weighted by Crippen LogP contribution is -2.42. The molecule has 3 aliphatic heterocycles. The summed E-state index contributed by atoms with van der Waals surface area (Å²) in [6.45, 7) is 7.53. The number of fused-ring (bicyclic) bond motifs is 1. The number of ether oxygens (including phenoxy) is 1. The molecule has 2 saturated heterocycles. The molecule has 4 heterocycles. The lowest BCUT2D eigenvalue weighted by molar-refractivity contribution is -0.128. The minimum Gasteiger partial charge on any atom is -0.455 e. The zero-order valence-electron chi connectivity index (χ0n) is 17.4. The van der Waals surface area contributed by atoms with Gasteiger partial charge in [-0.15, -0.1) is 0 Å². The van der Waals surface area contributed by atoms with Crippen molar-refractivity contribution >= 4 is 21.8 Å². The SMILES string of the molecule is CC(C)[C@H]1C(=O)N(S(C)(=O)=O)C2=CCN(C(=O)c3ccc(CN4CCOCC4)o3)[C@@H]21. The molecule has 0 aromatic carbocycles. The molecule has 0 N–H and O–H groups in total. The molecule has 1 aromatic heterocycles. The monoisotopic (exact) mass is 437 g/mol. The van der Waals surface area contributed by atoms with Crippen LogP contribution < -0.4 is 0 Å². The van der Waals surface area contributed by atoms with Gasteiger partial charge in [-0.05, 0) is 24.1 Å². The molecule has 9 nitrogen and oxygen atoms in total. The van der Waals surface area contributed by atoms with Crippen molar-refractivity contribution in [1.29, 1.82) is 0 Å². The van der Waals surface area contributed by atoms with Crippen LogP contribution in [0.1, 0.15) is 30.2 Å². The zero-order chi connectivity index (χ0) is 21.6. The van der Waals surface area contributed by atoms with Crippen LogP contribution in [0, 0.1) is 11.8 Å². The number of amides is 2. The summed E-state index contributed by atoms with van der Waals surface area (Å²) in [6, 6.07) is 2.83. The Morgan fingerprint density at radius 1 is 1.23 bits per heavy atom. The summed E-state index contributed by atoms with van der Waals surface area (Å²) in [7, 11) is -3.76. The van der Waals surface area contributed by atoms with Crippen molar-refractivity contribution in [2.24, 2.45) is 11.8 Å². The van der Waals surface area contributed by atoms with Gasteiger partial charge in [0.2, 0.25) is 15.9 Å². The molecule has 0 radical (unpaired) electrons. The lowest BCUT2D eigenvalue weighted by Gasteiger charge is -2.28. The summed E-state index contributed by atoms with van der Waals surface area (Å²) in [5, 5.41) is 0. The summed E-state index contributed by atoms with van der Waals surface area (Å²) in [5.74, 6) is -0.671. The van der Waals surface area contributed by atoms with Crippen molar-refractivity contribution in [3.63, 3.8) is 0 Å². The van der Waals surface area contributed by atoms with E-state index in [4.69, 9.17) is 9.15 Å². The molecule has 1 aromatic rings. The van der Waals surface area contributed by atoms with E-state index in [2.05, 4.69) is 4.90 Å². The van der Waals surface area contributed by atoms with Crippen LogP contribution in [0.3, 0.4) is 0 Å². The second-order valence-corrected chi connectivity index (χ2v) is 10.2. The number of hydrogen-bond donors (Lipinski definition) is 0. The summed E-state index contributed by atoms with van der Waals surface area (Å²) in [5.41, 5.74) is 0.370. The molecule has 164 valence electrons. The number of morpholine rings is 1. The molecule has 30 heavy (non-hydrogen) atoms. The molecule has 4 rings (SSSR count). The smallest absolute Gasteiger partial charge is 0.290 e. The Hall–Kier alpha value is -2.17. The second-order valence-electron chi connectivity index (χ2n) is 8.32.